The summed E-state index contributed by atoms with van der Waals surface area (Å²) in [5, 5.41) is 11.6. The lowest BCUT2D eigenvalue weighted by Crippen LogP contribution is -1.98. The van der Waals surface area contributed by atoms with E-state index in [4.69, 9.17) is 0 Å². The summed E-state index contributed by atoms with van der Waals surface area (Å²) in [4.78, 5) is 4.32. The van der Waals surface area contributed by atoms with Crippen LogP contribution >= 0.6 is 11.3 Å². The fourth-order valence-electron chi connectivity index (χ4n) is 3.40. The fourth-order valence-corrected chi connectivity index (χ4v) is 4.17. The Bertz CT molecular complexity index is 1080. The van der Waals surface area contributed by atoms with Crippen LogP contribution in [0.2, 0.25) is 0 Å². The van der Waals surface area contributed by atoms with E-state index >= 15 is 0 Å². The lowest BCUT2D eigenvalue weighted by atomic mass is 10.1. The second kappa shape index (κ2) is 6.75. The summed E-state index contributed by atoms with van der Waals surface area (Å²) >= 11 is 1.21. The maximum Gasteiger partial charge on any atom is 0.135 e. The van der Waals surface area contributed by atoms with Gasteiger partial charge in [-0.15, -0.1) is 11.3 Å². The van der Waals surface area contributed by atoms with Gasteiger partial charge in [0.05, 0.1) is 16.8 Å². The predicted molar refractivity (Wildman–Crippen MR) is 103 cm³/mol. The second-order valence-electron chi connectivity index (χ2n) is 6.73. The average Bonchev–Trinajstić information content (AvgIpc) is 3.27. The molecule has 3 aromatic rings. The number of rotatable bonds is 4. The van der Waals surface area contributed by atoms with Crippen molar-refractivity contribution in [2.24, 2.45) is 0 Å². The first kappa shape index (κ1) is 17.6. The zero-order valence-corrected chi connectivity index (χ0v) is 15.8. The Balaban J connectivity index is 1.73. The molecule has 0 aliphatic heterocycles. The Labute approximate surface area is 160 Å². The second-order valence-corrected chi connectivity index (χ2v) is 7.59. The van der Waals surface area contributed by atoms with Crippen LogP contribution in [-0.2, 0) is 0 Å². The van der Waals surface area contributed by atoms with Crippen LogP contribution in [0.5, 0.6) is 0 Å². The van der Waals surface area contributed by atoms with Crippen molar-refractivity contribution in [2.75, 3.05) is 0 Å². The minimum atomic E-state index is -0.665. The first-order valence-electron chi connectivity index (χ1n) is 8.70. The highest BCUT2D eigenvalue weighted by atomic mass is 32.1. The molecule has 3 nitrogen and oxygen atoms in total. The number of benzene rings is 1. The zero-order valence-electron chi connectivity index (χ0n) is 15.0. The first-order chi connectivity index (χ1) is 13.0. The summed E-state index contributed by atoms with van der Waals surface area (Å²) in [7, 11) is 0. The molecule has 0 bridgehead atoms. The van der Waals surface area contributed by atoms with Crippen molar-refractivity contribution in [3.05, 3.63) is 63.2 Å². The summed E-state index contributed by atoms with van der Waals surface area (Å²) < 4.78 is 30.3. The highest BCUT2D eigenvalue weighted by Crippen LogP contribution is 2.39. The molecule has 0 saturated heterocycles. The number of aromatic nitrogens is 2. The standard InChI is InChI=1S/C21H17F2N3S/c1-12-8-14(13(2)26(12)16-6-7-16)9-15(10-24)21-25-19(11-27-21)20-17(22)4-3-5-18(20)23/h3-5,8-9,11,16H,6-7H2,1-2H3. The van der Waals surface area contributed by atoms with Crippen molar-refractivity contribution in [2.45, 2.75) is 32.7 Å². The predicted octanol–water partition coefficient (Wildman–Crippen LogP) is 5.91. The molecule has 0 radical (unpaired) electrons. The van der Waals surface area contributed by atoms with Gasteiger partial charge in [-0.2, -0.15) is 5.26 Å². The van der Waals surface area contributed by atoms with Crippen LogP contribution in [-0.4, -0.2) is 9.55 Å². The molecule has 1 fully saturated rings. The van der Waals surface area contributed by atoms with Gasteiger partial charge in [0.15, 0.2) is 0 Å². The van der Waals surface area contributed by atoms with Gasteiger partial charge in [0.1, 0.15) is 22.7 Å². The topological polar surface area (TPSA) is 41.6 Å². The minimum Gasteiger partial charge on any atom is -0.346 e. The van der Waals surface area contributed by atoms with Gasteiger partial charge in [-0.3, -0.25) is 0 Å². The molecule has 1 aliphatic carbocycles. The van der Waals surface area contributed by atoms with Crippen molar-refractivity contribution >= 4 is 23.0 Å². The van der Waals surface area contributed by atoms with E-state index in [-0.39, 0.29) is 11.3 Å². The molecular weight excluding hydrogens is 364 g/mol. The van der Waals surface area contributed by atoms with Crippen molar-refractivity contribution in [1.82, 2.24) is 9.55 Å². The summed E-state index contributed by atoms with van der Waals surface area (Å²) in [6.45, 7) is 4.12. The molecule has 1 aromatic carbocycles. The molecule has 2 heterocycles. The maximum absolute atomic E-state index is 14.0. The van der Waals surface area contributed by atoms with Gasteiger partial charge in [-0.1, -0.05) is 6.07 Å². The van der Waals surface area contributed by atoms with Crippen LogP contribution in [0, 0.1) is 36.8 Å². The molecule has 27 heavy (non-hydrogen) atoms. The number of aryl methyl sites for hydroxylation is 1. The van der Waals surface area contributed by atoms with Crippen LogP contribution in [0.15, 0.2) is 29.6 Å². The normalized spacial score (nSPS) is 14.4. The van der Waals surface area contributed by atoms with Gasteiger partial charge in [0.2, 0.25) is 0 Å². The number of hydrogen-bond acceptors (Lipinski definition) is 3. The van der Waals surface area contributed by atoms with Gasteiger partial charge >= 0.3 is 0 Å². The van der Waals surface area contributed by atoms with Gasteiger partial charge in [0.25, 0.3) is 0 Å². The Morgan fingerprint density at radius 3 is 2.63 bits per heavy atom. The van der Waals surface area contributed by atoms with Gasteiger partial charge in [-0.05, 0) is 56.5 Å². The summed E-state index contributed by atoms with van der Waals surface area (Å²) in [5.41, 5.74) is 3.70. The van der Waals surface area contributed by atoms with Crippen LogP contribution in [0.25, 0.3) is 22.9 Å². The number of halogens is 2. The molecular formula is C21H17F2N3S. The first-order valence-corrected chi connectivity index (χ1v) is 9.58. The van der Waals surface area contributed by atoms with E-state index in [0.717, 1.165) is 11.3 Å². The molecule has 0 atom stereocenters. The van der Waals surface area contributed by atoms with Crippen LogP contribution < -0.4 is 0 Å². The molecule has 6 heteroatoms. The SMILES string of the molecule is Cc1cc(C=C(C#N)c2nc(-c3c(F)cccc3F)cs2)c(C)n1C1CC1. The molecule has 0 amide bonds. The Kier molecular flexibility index (Phi) is 4.40. The molecule has 136 valence electrons. The van der Waals surface area contributed by atoms with E-state index in [9.17, 15) is 14.0 Å². The third-order valence-corrected chi connectivity index (χ3v) is 5.68. The Morgan fingerprint density at radius 2 is 2.00 bits per heavy atom. The number of hydrogen-bond donors (Lipinski definition) is 0. The van der Waals surface area contributed by atoms with Gasteiger partial charge in [0, 0.05) is 22.8 Å². The lowest BCUT2D eigenvalue weighted by Gasteiger charge is -2.06. The number of thiazole rings is 1. The van der Waals surface area contributed by atoms with Crippen molar-refractivity contribution < 1.29 is 8.78 Å². The van der Waals surface area contributed by atoms with Gasteiger partial charge < -0.3 is 4.57 Å². The Morgan fingerprint density at radius 1 is 1.30 bits per heavy atom. The summed E-state index contributed by atoms with van der Waals surface area (Å²) in [6, 6.07) is 8.52. The van der Waals surface area contributed by atoms with E-state index in [0.29, 0.717) is 16.6 Å². The quantitative estimate of drug-likeness (QED) is 0.528. The molecule has 0 unspecified atom stereocenters. The summed E-state index contributed by atoms with van der Waals surface area (Å²) in [6.07, 6.45) is 4.19. The summed E-state index contributed by atoms with van der Waals surface area (Å²) in [5.74, 6) is -1.33. The highest BCUT2D eigenvalue weighted by Gasteiger charge is 2.26. The minimum absolute atomic E-state index is 0.163. The molecule has 1 aliphatic rings. The van der Waals surface area contributed by atoms with E-state index in [1.54, 1.807) is 5.38 Å². The average molecular weight is 381 g/mol. The number of allylic oxidation sites excluding steroid dienone is 1. The fraction of sp³-hybridized carbons (Fsp3) is 0.238. The number of nitrogens with zero attached hydrogens (tertiary/aromatic N) is 3. The van der Waals surface area contributed by atoms with Crippen molar-refractivity contribution in [1.29, 1.82) is 5.26 Å². The van der Waals surface area contributed by atoms with E-state index < -0.39 is 11.6 Å². The maximum atomic E-state index is 14.0. The van der Waals surface area contributed by atoms with Crippen LogP contribution in [0.1, 0.15) is 40.8 Å². The number of nitriles is 1. The van der Waals surface area contributed by atoms with E-state index in [1.807, 2.05) is 13.0 Å². The van der Waals surface area contributed by atoms with Crippen LogP contribution in [0.4, 0.5) is 8.78 Å². The van der Waals surface area contributed by atoms with Crippen LogP contribution in [0.3, 0.4) is 0 Å². The van der Waals surface area contributed by atoms with Crippen molar-refractivity contribution in [3.63, 3.8) is 0 Å². The smallest absolute Gasteiger partial charge is 0.135 e. The highest BCUT2D eigenvalue weighted by molar-refractivity contribution is 7.11. The van der Waals surface area contributed by atoms with Crippen molar-refractivity contribution in [3.8, 4) is 17.3 Å². The van der Waals surface area contributed by atoms with Gasteiger partial charge in [-0.25, -0.2) is 13.8 Å². The molecule has 2 aromatic heterocycles. The van der Waals surface area contributed by atoms with E-state index in [2.05, 4.69) is 28.6 Å². The largest absolute Gasteiger partial charge is 0.346 e. The Hall–Kier alpha value is -2.78. The third kappa shape index (κ3) is 3.19. The lowest BCUT2D eigenvalue weighted by molar-refractivity contribution is 0.589. The molecule has 1 saturated carbocycles. The monoisotopic (exact) mass is 381 g/mol. The molecule has 4 rings (SSSR count). The zero-order chi connectivity index (χ0) is 19.1. The molecule has 0 spiro atoms. The van der Waals surface area contributed by atoms with E-state index in [1.165, 1.54) is 48.1 Å². The molecule has 0 N–H and O–H groups in total. The third-order valence-electron chi connectivity index (χ3n) is 4.81.